The summed E-state index contributed by atoms with van der Waals surface area (Å²) >= 11 is 1.48. The van der Waals surface area contributed by atoms with E-state index in [1.54, 1.807) is 11.1 Å². The molecular formula is C24H21N3O3S. The van der Waals surface area contributed by atoms with Crippen LogP contribution >= 0.6 is 11.3 Å². The lowest BCUT2D eigenvalue weighted by Crippen LogP contribution is -2.25. The average Bonchev–Trinajstić information content (AvgIpc) is 3.49. The Bertz CT molecular complexity index is 1220. The molecule has 0 radical (unpaired) electrons. The Morgan fingerprint density at radius 3 is 2.71 bits per heavy atom. The van der Waals surface area contributed by atoms with Crippen LogP contribution in [0.4, 0.5) is 0 Å². The van der Waals surface area contributed by atoms with Crippen molar-refractivity contribution in [1.29, 1.82) is 0 Å². The van der Waals surface area contributed by atoms with E-state index in [2.05, 4.69) is 5.10 Å². The summed E-state index contributed by atoms with van der Waals surface area (Å²) in [5.41, 5.74) is 2.98. The number of nitrogens with zero attached hydrogens (tertiary/aromatic N) is 3. The molecule has 0 spiro atoms. The summed E-state index contributed by atoms with van der Waals surface area (Å²) < 4.78 is 13.1. The first-order chi connectivity index (χ1) is 15.2. The maximum absolute atomic E-state index is 13.0. The maximum atomic E-state index is 13.0. The quantitative estimate of drug-likeness (QED) is 0.462. The highest BCUT2D eigenvalue weighted by Gasteiger charge is 2.18. The van der Waals surface area contributed by atoms with Crippen LogP contribution < -0.4 is 9.47 Å². The van der Waals surface area contributed by atoms with Gasteiger partial charge in [-0.05, 0) is 48.0 Å². The number of hydrogen-bond donors (Lipinski definition) is 0. The topological polar surface area (TPSA) is 56.6 Å². The molecule has 2 aromatic carbocycles. The van der Waals surface area contributed by atoms with Gasteiger partial charge in [0.25, 0.3) is 5.91 Å². The van der Waals surface area contributed by atoms with Gasteiger partial charge in [0.1, 0.15) is 13.2 Å². The lowest BCUT2D eigenvalue weighted by molar-refractivity contribution is 0.0790. The van der Waals surface area contributed by atoms with E-state index < -0.39 is 0 Å². The van der Waals surface area contributed by atoms with E-state index in [1.807, 2.05) is 78.6 Å². The Morgan fingerprint density at radius 1 is 1.06 bits per heavy atom. The van der Waals surface area contributed by atoms with Crippen molar-refractivity contribution >= 4 is 17.2 Å². The van der Waals surface area contributed by atoms with E-state index in [0.29, 0.717) is 24.6 Å². The van der Waals surface area contributed by atoms with Gasteiger partial charge in [0, 0.05) is 30.2 Å². The monoisotopic (exact) mass is 431 g/mol. The molecule has 31 heavy (non-hydrogen) atoms. The van der Waals surface area contributed by atoms with Crippen LogP contribution in [0.15, 0.2) is 73.1 Å². The van der Waals surface area contributed by atoms with Crippen LogP contribution in [-0.2, 0) is 6.54 Å². The second kappa shape index (κ2) is 8.28. The molecule has 5 rings (SSSR count). The number of amides is 1. The molecule has 4 aromatic rings. The molecule has 0 saturated carbocycles. The first kappa shape index (κ1) is 19.4. The van der Waals surface area contributed by atoms with Gasteiger partial charge in [-0.15, -0.1) is 11.3 Å². The number of hydrogen-bond acceptors (Lipinski definition) is 5. The molecule has 0 bridgehead atoms. The van der Waals surface area contributed by atoms with Gasteiger partial charge in [-0.3, -0.25) is 4.79 Å². The van der Waals surface area contributed by atoms with Crippen LogP contribution in [0.2, 0.25) is 0 Å². The van der Waals surface area contributed by atoms with Gasteiger partial charge in [0.2, 0.25) is 0 Å². The molecule has 1 aliphatic heterocycles. The molecule has 0 unspecified atom stereocenters. The van der Waals surface area contributed by atoms with Crippen molar-refractivity contribution in [2.45, 2.75) is 6.54 Å². The number of para-hydroxylation sites is 1. The number of thiophene rings is 1. The van der Waals surface area contributed by atoms with Crippen molar-refractivity contribution < 1.29 is 14.3 Å². The van der Waals surface area contributed by atoms with Crippen LogP contribution in [0.5, 0.6) is 11.5 Å². The van der Waals surface area contributed by atoms with Crippen molar-refractivity contribution in [2.75, 3.05) is 20.3 Å². The summed E-state index contributed by atoms with van der Waals surface area (Å²) in [6.07, 6.45) is 3.75. The largest absolute Gasteiger partial charge is 0.486 e. The van der Waals surface area contributed by atoms with Gasteiger partial charge in [-0.1, -0.05) is 18.2 Å². The van der Waals surface area contributed by atoms with Crippen LogP contribution in [0.3, 0.4) is 0 Å². The SMILES string of the molecule is CN(Cc1cnn(-c2ccccc2)c1)C(=O)c1ccc(-c2ccc3c(c2)OCCO3)s1. The highest BCUT2D eigenvalue weighted by atomic mass is 32.1. The fourth-order valence-electron chi connectivity index (χ4n) is 3.50. The van der Waals surface area contributed by atoms with Crippen molar-refractivity contribution in [3.63, 3.8) is 0 Å². The van der Waals surface area contributed by atoms with Crippen molar-refractivity contribution in [2.24, 2.45) is 0 Å². The Morgan fingerprint density at radius 2 is 1.87 bits per heavy atom. The third-order valence-corrected chi connectivity index (χ3v) is 6.19. The summed E-state index contributed by atoms with van der Waals surface area (Å²) in [4.78, 5) is 16.4. The standard InChI is InChI=1S/C24H21N3O3S/c1-26(15-17-14-25-27(16-17)19-5-3-2-4-6-19)24(28)23-10-9-22(31-23)18-7-8-20-21(13-18)30-12-11-29-20/h2-10,13-14,16H,11-12,15H2,1H3. The fraction of sp³-hybridized carbons (Fsp3) is 0.167. The van der Waals surface area contributed by atoms with E-state index >= 15 is 0 Å². The second-order valence-corrected chi connectivity index (χ2v) is 8.40. The lowest BCUT2D eigenvalue weighted by atomic mass is 10.1. The first-order valence-electron chi connectivity index (χ1n) is 10.0. The minimum atomic E-state index is -0.0127. The number of ether oxygens (including phenoxy) is 2. The van der Waals surface area contributed by atoms with E-state index in [1.165, 1.54) is 11.3 Å². The molecule has 0 aliphatic carbocycles. The normalized spacial score (nSPS) is 12.5. The third-order valence-electron chi connectivity index (χ3n) is 5.07. The van der Waals surface area contributed by atoms with Gasteiger partial charge < -0.3 is 14.4 Å². The molecule has 0 N–H and O–H groups in total. The molecule has 0 saturated heterocycles. The van der Waals surface area contributed by atoms with Crippen molar-refractivity contribution in [3.05, 3.63) is 83.5 Å². The number of rotatable bonds is 5. The number of carbonyl (C=O) groups excluding carboxylic acids is 1. The fourth-order valence-corrected chi connectivity index (χ4v) is 4.50. The van der Waals surface area contributed by atoms with E-state index in [9.17, 15) is 4.79 Å². The molecule has 3 heterocycles. The smallest absolute Gasteiger partial charge is 0.263 e. The first-order valence-corrected chi connectivity index (χ1v) is 10.8. The van der Waals surface area contributed by atoms with E-state index in [-0.39, 0.29) is 5.91 Å². The Hall–Kier alpha value is -3.58. The summed E-state index contributed by atoms with van der Waals surface area (Å²) in [7, 11) is 1.81. The van der Waals surface area contributed by atoms with Gasteiger partial charge >= 0.3 is 0 Å². The number of benzene rings is 2. The summed E-state index contributed by atoms with van der Waals surface area (Å²) in [5.74, 6) is 1.50. The van der Waals surface area contributed by atoms with Gasteiger partial charge in [0.15, 0.2) is 11.5 Å². The van der Waals surface area contributed by atoms with E-state index in [4.69, 9.17) is 9.47 Å². The number of carbonyl (C=O) groups is 1. The van der Waals surface area contributed by atoms with Crippen LogP contribution in [-0.4, -0.2) is 40.8 Å². The summed E-state index contributed by atoms with van der Waals surface area (Å²) in [5, 5.41) is 4.41. The highest BCUT2D eigenvalue weighted by Crippen LogP contribution is 2.37. The number of fused-ring (bicyclic) bond motifs is 1. The minimum Gasteiger partial charge on any atom is -0.486 e. The second-order valence-electron chi connectivity index (χ2n) is 7.31. The molecule has 7 heteroatoms. The van der Waals surface area contributed by atoms with Crippen molar-refractivity contribution in [3.8, 4) is 27.6 Å². The lowest BCUT2D eigenvalue weighted by Gasteiger charge is -2.18. The Kier molecular flexibility index (Phi) is 5.18. The van der Waals surface area contributed by atoms with Crippen LogP contribution in [0, 0.1) is 0 Å². The zero-order valence-electron chi connectivity index (χ0n) is 17.0. The molecule has 0 atom stereocenters. The van der Waals surface area contributed by atoms with Gasteiger partial charge in [-0.25, -0.2) is 4.68 Å². The summed E-state index contributed by atoms with van der Waals surface area (Å²) in [6, 6.07) is 19.7. The van der Waals surface area contributed by atoms with Gasteiger partial charge in [-0.2, -0.15) is 5.10 Å². The van der Waals surface area contributed by atoms with Gasteiger partial charge in [0.05, 0.1) is 16.8 Å². The maximum Gasteiger partial charge on any atom is 0.263 e. The van der Waals surface area contributed by atoms with E-state index in [0.717, 1.165) is 33.2 Å². The molecule has 1 aliphatic rings. The van der Waals surface area contributed by atoms with Crippen LogP contribution in [0.1, 0.15) is 15.2 Å². The molecule has 156 valence electrons. The highest BCUT2D eigenvalue weighted by molar-refractivity contribution is 7.17. The molecule has 2 aromatic heterocycles. The molecule has 1 amide bonds. The predicted octanol–water partition coefficient (Wildman–Crippen LogP) is 4.64. The summed E-state index contributed by atoms with van der Waals surface area (Å²) in [6.45, 7) is 1.61. The van der Waals surface area contributed by atoms with Crippen molar-refractivity contribution in [1.82, 2.24) is 14.7 Å². The average molecular weight is 432 g/mol. The Balaban J connectivity index is 1.29. The molecular weight excluding hydrogens is 410 g/mol. The molecule has 6 nitrogen and oxygen atoms in total. The Labute approximate surface area is 184 Å². The molecule has 0 fully saturated rings. The zero-order valence-corrected chi connectivity index (χ0v) is 17.8. The minimum absolute atomic E-state index is 0.0127. The number of aromatic nitrogens is 2. The zero-order chi connectivity index (χ0) is 21.2. The van der Waals surface area contributed by atoms with Crippen LogP contribution in [0.25, 0.3) is 16.1 Å². The third kappa shape index (κ3) is 4.04. The predicted molar refractivity (Wildman–Crippen MR) is 120 cm³/mol.